The lowest BCUT2D eigenvalue weighted by atomic mass is 10.2. The average molecular weight is 336 g/mol. The van der Waals surface area contributed by atoms with Gasteiger partial charge in [0.05, 0.1) is 5.75 Å². The van der Waals surface area contributed by atoms with Gasteiger partial charge in [-0.2, -0.15) is 4.98 Å². The highest BCUT2D eigenvalue weighted by Crippen LogP contribution is 2.22. The first-order valence-corrected chi connectivity index (χ1v) is 7.55. The van der Waals surface area contributed by atoms with Gasteiger partial charge in [0.25, 0.3) is 11.4 Å². The quantitative estimate of drug-likeness (QED) is 0.556. The van der Waals surface area contributed by atoms with E-state index in [4.69, 9.17) is 21.9 Å². The van der Waals surface area contributed by atoms with Crippen molar-refractivity contribution in [3.63, 3.8) is 0 Å². The maximum Gasteiger partial charge on any atom is 0.257 e. The second-order valence-corrected chi connectivity index (χ2v) is 5.69. The lowest BCUT2D eigenvalue weighted by Gasteiger charge is -1.98. The fourth-order valence-corrected chi connectivity index (χ4v) is 2.53. The molecule has 0 aliphatic rings. The monoisotopic (exact) mass is 335 g/mol. The van der Waals surface area contributed by atoms with Gasteiger partial charge in [-0.25, -0.2) is 4.98 Å². The fourth-order valence-electron chi connectivity index (χ4n) is 1.68. The number of H-pyrrole nitrogens is 1. The van der Waals surface area contributed by atoms with Crippen LogP contribution in [-0.2, 0) is 5.75 Å². The van der Waals surface area contributed by atoms with Crippen molar-refractivity contribution in [3.05, 3.63) is 51.5 Å². The minimum atomic E-state index is -0.301. The highest BCUT2D eigenvalue weighted by atomic mass is 35.5. The molecule has 0 saturated carbocycles. The van der Waals surface area contributed by atoms with Crippen molar-refractivity contribution in [1.82, 2.24) is 20.1 Å². The van der Waals surface area contributed by atoms with Gasteiger partial charge in [-0.05, 0) is 24.3 Å². The molecule has 2 heterocycles. The molecule has 0 aliphatic carbocycles. The molecule has 112 valence electrons. The Bertz CT molecular complexity index is 846. The van der Waals surface area contributed by atoms with Crippen molar-refractivity contribution >= 4 is 29.2 Å². The third-order valence-corrected chi connectivity index (χ3v) is 3.76. The van der Waals surface area contributed by atoms with Gasteiger partial charge in [0.1, 0.15) is 5.82 Å². The van der Waals surface area contributed by atoms with E-state index >= 15 is 0 Å². The first-order chi connectivity index (χ1) is 10.6. The summed E-state index contributed by atoms with van der Waals surface area (Å²) in [7, 11) is 0. The molecule has 0 aliphatic heterocycles. The number of benzene rings is 1. The number of thioether (sulfide) groups is 1. The summed E-state index contributed by atoms with van der Waals surface area (Å²) >= 11 is 7.09. The predicted molar refractivity (Wildman–Crippen MR) is 83.6 cm³/mol. The first kappa shape index (κ1) is 14.6. The van der Waals surface area contributed by atoms with E-state index in [2.05, 4.69) is 20.1 Å². The zero-order valence-electron chi connectivity index (χ0n) is 11.1. The van der Waals surface area contributed by atoms with Crippen molar-refractivity contribution < 1.29 is 4.52 Å². The van der Waals surface area contributed by atoms with Crippen LogP contribution in [0, 0.1) is 0 Å². The van der Waals surface area contributed by atoms with E-state index in [9.17, 15) is 4.79 Å². The van der Waals surface area contributed by atoms with Crippen LogP contribution in [0.4, 0.5) is 5.82 Å². The Labute approximate surface area is 133 Å². The first-order valence-electron chi connectivity index (χ1n) is 6.18. The Kier molecular flexibility index (Phi) is 4.12. The third kappa shape index (κ3) is 3.46. The van der Waals surface area contributed by atoms with E-state index in [1.165, 1.54) is 17.8 Å². The van der Waals surface area contributed by atoms with E-state index in [1.807, 2.05) is 0 Å². The Morgan fingerprint density at radius 3 is 2.77 bits per heavy atom. The average Bonchev–Trinajstić information content (AvgIpc) is 2.94. The zero-order chi connectivity index (χ0) is 15.5. The predicted octanol–water partition coefficient (Wildman–Crippen LogP) is 2.35. The van der Waals surface area contributed by atoms with Gasteiger partial charge in [0.2, 0.25) is 0 Å². The highest BCUT2D eigenvalue weighted by molar-refractivity contribution is 7.98. The SMILES string of the molecule is Nc1cc(=O)[nH]c(SCc2noc(-c3ccc(Cl)cc3)n2)n1. The molecule has 1 aromatic carbocycles. The summed E-state index contributed by atoms with van der Waals surface area (Å²) in [6, 6.07) is 8.30. The Hall–Kier alpha value is -2.32. The van der Waals surface area contributed by atoms with Crippen molar-refractivity contribution in [1.29, 1.82) is 0 Å². The summed E-state index contributed by atoms with van der Waals surface area (Å²) < 4.78 is 5.19. The number of nitrogens with zero attached hydrogens (tertiary/aromatic N) is 3. The number of nitrogens with one attached hydrogen (secondary N) is 1. The van der Waals surface area contributed by atoms with Crippen LogP contribution >= 0.6 is 23.4 Å². The molecule has 0 atom stereocenters. The lowest BCUT2D eigenvalue weighted by Crippen LogP contribution is -2.09. The van der Waals surface area contributed by atoms with Crippen LogP contribution in [0.25, 0.3) is 11.5 Å². The molecule has 7 nitrogen and oxygen atoms in total. The molecule has 2 aromatic heterocycles. The Morgan fingerprint density at radius 2 is 2.05 bits per heavy atom. The van der Waals surface area contributed by atoms with E-state index in [0.717, 1.165) is 5.56 Å². The summed E-state index contributed by atoms with van der Waals surface area (Å²) in [6.45, 7) is 0. The zero-order valence-corrected chi connectivity index (χ0v) is 12.7. The number of hydrogen-bond donors (Lipinski definition) is 2. The maximum absolute atomic E-state index is 11.3. The van der Waals surface area contributed by atoms with E-state index in [1.54, 1.807) is 24.3 Å². The van der Waals surface area contributed by atoms with Crippen molar-refractivity contribution in [2.45, 2.75) is 10.9 Å². The van der Waals surface area contributed by atoms with Crippen molar-refractivity contribution in [3.8, 4) is 11.5 Å². The lowest BCUT2D eigenvalue weighted by molar-refractivity contribution is 0.425. The molecule has 0 bridgehead atoms. The Morgan fingerprint density at radius 1 is 1.27 bits per heavy atom. The molecule has 22 heavy (non-hydrogen) atoms. The summed E-state index contributed by atoms with van der Waals surface area (Å²) in [5.74, 6) is 1.45. The van der Waals surface area contributed by atoms with Crippen molar-refractivity contribution in [2.24, 2.45) is 0 Å². The molecule has 3 aromatic rings. The number of halogens is 1. The van der Waals surface area contributed by atoms with E-state index in [0.29, 0.717) is 27.6 Å². The topological polar surface area (TPSA) is 111 Å². The molecular weight excluding hydrogens is 326 g/mol. The third-order valence-electron chi connectivity index (χ3n) is 2.64. The van der Waals surface area contributed by atoms with Crippen LogP contribution in [0.15, 0.2) is 44.8 Å². The number of rotatable bonds is 4. The molecule has 0 amide bonds. The number of hydrogen-bond acceptors (Lipinski definition) is 7. The van der Waals surface area contributed by atoms with Crippen LogP contribution in [0.2, 0.25) is 5.02 Å². The molecular formula is C13H10ClN5O2S. The van der Waals surface area contributed by atoms with Gasteiger partial charge < -0.3 is 15.2 Å². The number of nitrogen functional groups attached to an aromatic ring is 1. The number of aromatic nitrogens is 4. The molecule has 3 N–H and O–H groups in total. The van der Waals surface area contributed by atoms with Gasteiger partial charge in [-0.15, -0.1) is 0 Å². The summed E-state index contributed by atoms with van der Waals surface area (Å²) in [5.41, 5.74) is 6.00. The van der Waals surface area contributed by atoms with Gasteiger partial charge in [-0.3, -0.25) is 4.79 Å². The normalized spacial score (nSPS) is 10.8. The van der Waals surface area contributed by atoms with E-state index in [-0.39, 0.29) is 11.4 Å². The van der Waals surface area contributed by atoms with Crippen LogP contribution in [0.5, 0.6) is 0 Å². The molecule has 0 fully saturated rings. The van der Waals surface area contributed by atoms with Crippen LogP contribution in [-0.4, -0.2) is 20.1 Å². The number of aromatic amines is 1. The number of nitrogens with two attached hydrogens (primary N) is 1. The standard InChI is InChI=1S/C13H10ClN5O2S/c14-8-3-1-7(2-4-8)12-17-10(19-21-12)6-22-13-16-9(15)5-11(20)18-13/h1-5H,6H2,(H3,15,16,18,20). The minimum absolute atomic E-state index is 0.168. The smallest absolute Gasteiger partial charge is 0.257 e. The summed E-state index contributed by atoms with van der Waals surface area (Å²) in [4.78, 5) is 22.2. The maximum atomic E-state index is 11.3. The van der Waals surface area contributed by atoms with E-state index < -0.39 is 0 Å². The minimum Gasteiger partial charge on any atom is -0.383 e. The molecule has 0 radical (unpaired) electrons. The van der Waals surface area contributed by atoms with Gasteiger partial charge in [0, 0.05) is 16.7 Å². The second kappa shape index (κ2) is 6.20. The van der Waals surface area contributed by atoms with Crippen molar-refractivity contribution in [2.75, 3.05) is 5.73 Å². The molecule has 0 saturated heterocycles. The van der Waals surface area contributed by atoms with Gasteiger partial charge >= 0.3 is 0 Å². The van der Waals surface area contributed by atoms with Crippen LogP contribution in [0.3, 0.4) is 0 Å². The highest BCUT2D eigenvalue weighted by Gasteiger charge is 2.10. The largest absolute Gasteiger partial charge is 0.383 e. The van der Waals surface area contributed by atoms with Gasteiger partial charge in [-0.1, -0.05) is 28.5 Å². The fraction of sp³-hybridized carbons (Fsp3) is 0.0769. The van der Waals surface area contributed by atoms with Gasteiger partial charge in [0.15, 0.2) is 11.0 Å². The summed E-state index contributed by atoms with van der Waals surface area (Å²) in [5, 5.41) is 4.92. The Balaban J connectivity index is 1.71. The number of anilines is 1. The molecule has 9 heteroatoms. The molecule has 0 spiro atoms. The van der Waals surface area contributed by atoms with Crippen LogP contribution in [0.1, 0.15) is 5.82 Å². The summed E-state index contributed by atoms with van der Waals surface area (Å²) in [6.07, 6.45) is 0. The van der Waals surface area contributed by atoms with Crippen LogP contribution < -0.4 is 11.3 Å². The molecule has 0 unspecified atom stereocenters. The molecule has 3 rings (SSSR count). The second-order valence-electron chi connectivity index (χ2n) is 4.29.